The fraction of sp³-hybridized carbons (Fsp3) is 0.467. The smallest absolute Gasteiger partial charge is 0.332 e. The largest absolute Gasteiger partial charge is 0.480 e. The van der Waals surface area contributed by atoms with Crippen molar-refractivity contribution in [1.29, 1.82) is 0 Å². The summed E-state index contributed by atoms with van der Waals surface area (Å²) in [5.74, 6) is -2.17. The number of carboxylic acid groups (broad SMARTS) is 1. The Morgan fingerprint density at radius 1 is 1.41 bits per heavy atom. The van der Waals surface area contributed by atoms with E-state index in [0.717, 1.165) is 12.3 Å². The third-order valence-corrected chi connectivity index (χ3v) is 6.04. The lowest BCUT2D eigenvalue weighted by atomic mass is 9.96. The summed E-state index contributed by atoms with van der Waals surface area (Å²) in [4.78, 5) is 58.6. The number of carboxylic acids is 1. The van der Waals surface area contributed by atoms with Gasteiger partial charge in [0, 0.05) is 17.0 Å². The Balaban J connectivity index is 1.69. The molecule has 2 N–H and O–H groups in total. The number of carbonyl (C=O) groups excluding carboxylic acids is 2. The maximum atomic E-state index is 12.3. The van der Waals surface area contributed by atoms with Gasteiger partial charge in [0.05, 0.1) is 11.1 Å². The zero-order chi connectivity index (χ0) is 20.1. The van der Waals surface area contributed by atoms with E-state index in [1.165, 1.54) is 27.4 Å². The van der Waals surface area contributed by atoms with Gasteiger partial charge in [0.2, 0.25) is 11.8 Å². The number of aromatic nitrogens is 1. The second-order valence-electron chi connectivity index (χ2n) is 6.77. The van der Waals surface area contributed by atoms with Crippen LogP contribution in [-0.4, -0.2) is 59.5 Å². The summed E-state index contributed by atoms with van der Waals surface area (Å²) >= 11 is 1.29. The standard InChI is InChI=1S/C15H16N4O7S/c1-15(2)11(14(23)24)18-12(22)10(13(18)27-15)16-9(21)6-17-4-3-8(20)7(5-17)19(25)26/h3-5,10-11,13H,6H2,1-2H3,(H,16,21)(H,23,24)/t10?,11-,13+/m0/s1. The van der Waals surface area contributed by atoms with Crippen LogP contribution in [0.5, 0.6) is 0 Å². The Morgan fingerprint density at radius 3 is 2.67 bits per heavy atom. The monoisotopic (exact) mass is 396 g/mol. The van der Waals surface area contributed by atoms with E-state index in [1.807, 2.05) is 0 Å². The lowest BCUT2D eigenvalue weighted by molar-refractivity contribution is -0.386. The summed E-state index contributed by atoms with van der Waals surface area (Å²) in [5.41, 5.74) is -1.43. The van der Waals surface area contributed by atoms with Crippen LogP contribution in [0.25, 0.3) is 0 Å². The Bertz CT molecular complexity index is 912. The molecule has 3 atom stereocenters. The molecule has 0 aromatic carbocycles. The summed E-state index contributed by atoms with van der Waals surface area (Å²) in [6.45, 7) is 3.12. The quantitative estimate of drug-likeness (QED) is 0.380. The molecule has 27 heavy (non-hydrogen) atoms. The van der Waals surface area contributed by atoms with Gasteiger partial charge in [0.1, 0.15) is 24.0 Å². The van der Waals surface area contributed by atoms with Gasteiger partial charge in [-0.2, -0.15) is 0 Å². The van der Waals surface area contributed by atoms with Crippen LogP contribution in [-0.2, 0) is 20.9 Å². The molecule has 1 unspecified atom stereocenters. The summed E-state index contributed by atoms with van der Waals surface area (Å²) in [5, 5.41) is 22.2. The highest BCUT2D eigenvalue weighted by Gasteiger charge is 2.64. The fourth-order valence-corrected chi connectivity index (χ4v) is 4.90. The number of rotatable bonds is 5. The van der Waals surface area contributed by atoms with Crippen molar-refractivity contribution in [2.45, 2.75) is 42.6 Å². The van der Waals surface area contributed by atoms with E-state index in [-0.39, 0.29) is 6.54 Å². The highest BCUT2D eigenvalue weighted by atomic mass is 32.2. The minimum atomic E-state index is -1.10. The van der Waals surface area contributed by atoms with Crippen LogP contribution in [0.1, 0.15) is 13.8 Å². The third-order valence-electron chi connectivity index (χ3n) is 4.47. The molecule has 0 bridgehead atoms. The molecule has 0 spiro atoms. The van der Waals surface area contributed by atoms with Gasteiger partial charge in [0.15, 0.2) is 0 Å². The van der Waals surface area contributed by atoms with E-state index < -0.39 is 56.0 Å². The van der Waals surface area contributed by atoms with E-state index in [0.29, 0.717) is 0 Å². The van der Waals surface area contributed by atoms with Gasteiger partial charge in [-0.15, -0.1) is 11.8 Å². The fourth-order valence-electron chi connectivity index (χ4n) is 3.28. The number of pyridine rings is 1. The van der Waals surface area contributed by atoms with Crippen LogP contribution in [0.15, 0.2) is 23.3 Å². The van der Waals surface area contributed by atoms with Crippen LogP contribution in [0.4, 0.5) is 5.69 Å². The summed E-state index contributed by atoms with van der Waals surface area (Å²) in [7, 11) is 0. The zero-order valence-electron chi connectivity index (χ0n) is 14.3. The first-order chi connectivity index (χ1) is 12.5. The van der Waals surface area contributed by atoms with Crippen molar-refractivity contribution in [2.75, 3.05) is 0 Å². The van der Waals surface area contributed by atoms with E-state index in [4.69, 9.17) is 0 Å². The predicted molar refractivity (Wildman–Crippen MR) is 93.0 cm³/mol. The van der Waals surface area contributed by atoms with E-state index >= 15 is 0 Å². The van der Waals surface area contributed by atoms with Gasteiger partial charge in [-0.25, -0.2) is 4.79 Å². The number of nitrogens with zero attached hydrogens (tertiary/aromatic N) is 3. The van der Waals surface area contributed by atoms with Gasteiger partial charge >= 0.3 is 11.7 Å². The summed E-state index contributed by atoms with van der Waals surface area (Å²) in [6.07, 6.45) is 2.18. The van der Waals surface area contributed by atoms with Crippen molar-refractivity contribution in [2.24, 2.45) is 0 Å². The molecule has 1 aromatic rings. The first kappa shape index (κ1) is 18.9. The molecule has 2 fully saturated rings. The minimum absolute atomic E-state index is 0.325. The molecular formula is C15H16N4O7S. The molecule has 2 amide bonds. The highest BCUT2D eigenvalue weighted by molar-refractivity contribution is 8.01. The van der Waals surface area contributed by atoms with Crippen LogP contribution in [0, 0.1) is 10.1 Å². The second kappa shape index (κ2) is 6.37. The Kier molecular flexibility index (Phi) is 4.46. The number of hydrogen-bond donors (Lipinski definition) is 2. The van der Waals surface area contributed by atoms with Gasteiger partial charge in [-0.3, -0.25) is 24.5 Å². The molecular weight excluding hydrogens is 380 g/mol. The van der Waals surface area contributed by atoms with E-state index in [2.05, 4.69) is 5.32 Å². The van der Waals surface area contributed by atoms with Crippen molar-refractivity contribution in [3.8, 4) is 0 Å². The average Bonchev–Trinajstić information content (AvgIpc) is 2.82. The topological polar surface area (TPSA) is 152 Å². The maximum absolute atomic E-state index is 12.3. The lowest BCUT2D eigenvalue weighted by Gasteiger charge is -2.43. The van der Waals surface area contributed by atoms with Crippen molar-refractivity contribution < 1.29 is 24.4 Å². The molecule has 2 aliphatic rings. The maximum Gasteiger partial charge on any atom is 0.332 e. The number of carbonyl (C=O) groups is 3. The Labute approximate surface area is 156 Å². The molecule has 3 rings (SSSR count). The van der Waals surface area contributed by atoms with Gasteiger partial charge in [-0.05, 0) is 13.8 Å². The number of amides is 2. The van der Waals surface area contributed by atoms with Gasteiger partial charge < -0.3 is 19.9 Å². The number of thioether (sulfide) groups is 1. The number of nitro groups is 1. The SMILES string of the molecule is CC1(C)S[C@@H]2C(NC(=O)Cn3ccc(=O)c([N+](=O)[O-])c3)C(=O)N2[C@H]1C(=O)O. The lowest BCUT2D eigenvalue weighted by Crippen LogP contribution is -2.70. The number of aliphatic carboxylic acids is 1. The molecule has 3 heterocycles. The molecule has 11 nitrogen and oxygen atoms in total. The van der Waals surface area contributed by atoms with E-state index in [1.54, 1.807) is 13.8 Å². The molecule has 2 aliphatic heterocycles. The Hall–Kier alpha value is -2.89. The molecule has 2 saturated heterocycles. The first-order valence-electron chi connectivity index (χ1n) is 7.89. The van der Waals surface area contributed by atoms with Crippen molar-refractivity contribution in [3.05, 3.63) is 38.8 Å². The molecule has 12 heteroatoms. The van der Waals surface area contributed by atoms with Crippen molar-refractivity contribution in [3.63, 3.8) is 0 Å². The van der Waals surface area contributed by atoms with Gasteiger partial charge in [-0.1, -0.05) is 0 Å². The van der Waals surface area contributed by atoms with Crippen LogP contribution in [0.3, 0.4) is 0 Å². The molecule has 0 aliphatic carbocycles. The van der Waals surface area contributed by atoms with Crippen LogP contribution in [0.2, 0.25) is 0 Å². The summed E-state index contributed by atoms with van der Waals surface area (Å²) < 4.78 is 0.465. The number of β-lactam (4-membered cyclic amide) rings is 1. The highest BCUT2D eigenvalue weighted by Crippen LogP contribution is 2.50. The van der Waals surface area contributed by atoms with Crippen LogP contribution >= 0.6 is 11.8 Å². The zero-order valence-corrected chi connectivity index (χ0v) is 15.1. The predicted octanol–water partition coefficient (Wildman–Crippen LogP) is -0.612. The number of nitrogens with one attached hydrogen (secondary N) is 1. The third kappa shape index (κ3) is 3.16. The molecule has 0 saturated carbocycles. The van der Waals surface area contributed by atoms with E-state index in [9.17, 15) is 34.4 Å². The van der Waals surface area contributed by atoms with Gasteiger partial charge in [0.25, 0.3) is 5.43 Å². The summed E-state index contributed by atoms with van der Waals surface area (Å²) in [6, 6.07) is -0.857. The minimum Gasteiger partial charge on any atom is -0.480 e. The first-order valence-corrected chi connectivity index (χ1v) is 8.77. The molecule has 144 valence electrons. The number of hydrogen-bond acceptors (Lipinski definition) is 7. The second-order valence-corrected chi connectivity index (χ2v) is 8.54. The number of fused-ring (bicyclic) bond motifs is 1. The van der Waals surface area contributed by atoms with Crippen molar-refractivity contribution in [1.82, 2.24) is 14.8 Å². The molecule has 0 radical (unpaired) electrons. The average molecular weight is 396 g/mol. The van der Waals surface area contributed by atoms with Crippen molar-refractivity contribution >= 4 is 35.2 Å². The molecule has 1 aromatic heterocycles. The van der Waals surface area contributed by atoms with Crippen LogP contribution < -0.4 is 10.7 Å². The Morgan fingerprint density at radius 2 is 2.07 bits per heavy atom. The normalized spacial score (nSPS) is 25.5.